The lowest BCUT2D eigenvalue weighted by Crippen LogP contribution is -2.25. The van der Waals surface area contributed by atoms with Crippen LogP contribution in [0.4, 0.5) is 0 Å². The van der Waals surface area contributed by atoms with Crippen LogP contribution in [0.3, 0.4) is 0 Å². The van der Waals surface area contributed by atoms with Gasteiger partial charge in [-0.25, -0.2) is 0 Å². The number of hydrogen-bond acceptors (Lipinski definition) is 3. The monoisotopic (exact) mass is 154 g/mol. The molecule has 1 amide bonds. The quantitative estimate of drug-likeness (QED) is 0.632. The van der Waals surface area contributed by atoms with Crippen molar-refractivity contribution in [1.29, 1.82) is 0 Å². The molecule has 1 rings (SSSR count). The Kier molecular flexibility index (Phi) is 2.25. The third-order valence-corrected chi connectivity index (χ3v) is 1.50. The molecule has 60 valence electrons. The van der Waals surface area contributed by atoms with E-state index in [0.29, 0.717) is 12.1 Å². The van der Waals surface area contributed by atoms with Crippen LogP contribution in [0, 0.1) is 0 Å². The van der Waals surface area contributed by atoms with E-state index in [-0.39, 0.29) is 5.91 Å². The van der Waals surface area contributed by atoms with E-state index in [2.05, 4.69) is 9.68 Å². The Bertz CT molecular complexity index is 231. The summed E-state index contributed by atoms with van der Waals surface area (Å²) in [6, 6.07) is 0. The van der Waals surface area contributed by atoms with E-state index in [4.69, 9.17) is 0 Å². The van der Waals surface area contributed by atoms with Crippen molar-refractivity contribution in [2.24, 2.45) is 0 Å². The molecule has 4 nitrogen and oxygen atoms in total. The first kappa shape index (κ1) is 7.78. The zero-order valence-electron chi connectivity index (χ0n) is 6.57. The molecular weight excluding hydrogens is 144 g/mol. The lowest BCUT2D eigenvalue weighted by atomic mass is 10.3. The van der Waals surface area contributed by atoms with E-state index < -0.39 is 0 Å². The van der Waals surface area contributed by atoms with Crippen LogP contribution >= 0.6 is 0 Å². The van der Waals surface area contributed by atoms with Gasteiger partial charge in [-0.3, -0.25) is 4.79 Å². The minimum absolute atomic E-state index is 0.0613. The van der Waals surface area contributed by atoms with Gasteiger partial charge in [0.1, 0.15) is 6.26 Å². The molecule has 0 bridgehead atoms. The molecule has 0 atom stereocenters. The van der Waals surface area contributed by atoms with Crippen molar-refractivity contribution in [2.75, 3.05) is 13.6 Å². The summed E-state index contributed by atoms with van der Waals surface area (Å²) in [5.41, 5.74) is 0.495. The van der Waals surface area contributed by atoms with Crippen LogP contribution in [0.15, 0.2) is 17.0 Å². The predicted octanol–water partition coefficient (Wildman–Crippen LogP) is 0.767. The number of rotatable bonds is 2. The Morgan fingerprint density at radius 1 is 1.82 bits per heavy atom. The molecule has 0 aliphatic carbocycles. The van der Waals surface area contributed by atoms with Crippen molar-refractivity contribution in [3.8, 4) is 0 Å². The molecule has 0 aromatic carbocycles. The topological polar surface area (TPSA) is 46.3 Å². The Morgan fingerprint density at radius 2 is 2.55 bits per heavy atom. The molecule has 4 heteroatoms. The molecule has 0 radical (unpaired) electrons. The van der Waals surface area contributed by atoms with Crippen molar-refractivity contribution in [3.63, 3.8) is 0 Å². The van der Waals surface area contributed by atoms with Crippen molar-refractivity contribution in [3.05, 3.63) is 18.0 Å². The van der Waals surface area contributed by atoms with Crippen LogP contribution in [0.1, 0.15) is 17.3 Å². The maximum Gasteiger partial charge on any atom is 0.258 e. The molecule has 11 heavy (non-hydrogen) atoms. The van der Waals surface area contributed by atoms with E-state index in [1.54, 1.807) is 11.9 Å². The summed E-state index contributed by atoms with van der Waals surface area (Å²) < 4.78 is 4.53. The van der Waals surface area contributed by atoms with E-state index in [1.807, 2.05) is 6.92 Å². The maximum absolute atomic E-state index is 11.3. The number of aromatic nitrogens is 1. The molecule has 0 aliphatic heterocycles. The second kappa shape index (κ2) is 3.18. The lowest BCUT2D eigenvalue weighted by Gasteiger charge is -2.11. The molecule has 0 spiro atoms. The average Bonchev–Trinajstić information content (AvgIpc) is 2.53. The third-order valence-electron chi connectivity index (χ3n) is 1.50. The van der Waals surface area contributed by atoms with E-state index in [9.17, 15) is 4.79 Å². The highest BCUT2D eigenvalue weighted by atomic mass is 16.5. The number of carbonyl (C=O) groups is 1. The Morgan fingerprint density at radius 3 is 3.00 bits per heavy atom. The second-order valence-corrected chi connectivity index (χ2v) is 2.23. The number of hydrogen-bond donors (Lipinski definition) is 0. The fourth-order valence-electron chi connectivity index (χ4n) is 0.674. The third kappa shape index (κ3) is 1.58. The molecular formula is C7H10N2O2. The zero-order valence-corrected chi connectivity index (χ0v) is 6.57. The molecule has 0 aliphatic rings. The van der Waals surface area contributed by atoms with Gasteiger partial charge < -0.3 is 9.42 Å². The zero-order chi connectivity index (χ0) is 8.27. The average molecular weight is 154 g/mol. The fraction of sp³-hybridized carbons (Fsp3) is 0.429. The van der Waals surface area contributed by atoms with Crippen LogP contribution in [-0.4, -0.2) is 29.6 Å². The first-order valence-electron chi connectivity index (χ1n) is 3.40. The highest BCUT2D eigenvalue weighted by Gasteiger charge is 2.10. The fourth-order valence-corrected chi connectivity index (χ4v) is 0.674. The molecule has 1 aromatic rings. The minimum atomic E-state index is -0.0613. The van der Waals surface area contributed by atoms with Gasteiger partial charge in [0.05, 0.1) is 11.8 Å². The Labute approximate surface area is 64.8 Å². The Balaban J connectivity index is 2.70. The van der Waals surface area contributed by atoms with Gasteiger partial charge in [0.2, 0.25) is 0 Å². The van der Waals surface area contributed by atoms with Gasteiger partial charge in [-0.05, 0) is 6.92 Å². The molecule has 0 saturated heterocycles. The van der Waals surface area contributed by atoms with Crippen LogP contribution < -0.4 is 0 Å². The molecule has 0 unspecified atom stereocenters. The summed E-state index contributed by atoms with van der Waals surface area (Å²) in [6.07, 6.45) is 2.75. The largest absolute Gasteiger partial charge is 0.364 e. The summed E-state index contributed by atoms with van der Waals surface area (Å²) >= 11 is 0. The summed E-state index contributed by atoms with van der Waals surface area (Å²) in [6.45, 7) is 2.59. The molecule has 1 aromatic heterocycles. The van der Waals surface area contributed by atoms with Gasteiger partial charge in [-0.15, -0.1) is 0 Å². The van der Waals surface area contributed by atoms with Crippen molar-refractivity contribution in [2.45, 2.75) is 6.92 Å². The van der Waals surface area contributed by atoms with E-state index in [0.717, 1.165) is 0 Å². The second-order valence-electron chi connectivity index (χ2n) is 2.23. The first-order chi connectivity index (χ1) is 5.25. The van der Waals surface area contributed by atoms with Gasteiger partial charge in [0, 0.05) is 13.6 Å². The van der Waals surface area contributed by atoms with Crippen molar-refractivity contribution >= 4 is 5.91 Å². The smallest absolute Gasteiger partial charge is 0.258 e. The highest BCUT2D eigenvalue weighted by molar-refractivity contribution is 5.93. The van der Waals surface area contributed by atoms with Gasteiger partial charge in [0.25, 0.3) is 5.91 Å². The summed E-state index contributed by atoms with van der Waals surface area (Å²) in [4.78, 5) is 12.9. The van der Waals surface area contributed by atoms with Crippen LogP contribution in [-0.2, 0) is 0 Å². The van der Waals surface area contributed by atoms with Crippen LogP contribution in [0.5, 0.6) is 0 Å². The molecule has 1 heterocycles. The van der Waals surface area contributed by atoms with E-state index >= 15 is 0 Å². The van der Waals surface area contributed by atoms with Crippen LogP contribution in [0.25, 0.3) is 0 Å². The Hall–Kier alpha value is -1.32. The normalized spacial score (nSPS) is 9.64. The minimum Gasteiger partial charge on any atom is -0.364 e. The highest BCUT2D eigenvalue weighted by Crippen LogP contribution is 2.00. The number of nitrogens with zero attached hydrogens (tertiary/aromatic N) is 2. The van der Waals surface area contributed by atoms with Crippen molar-refractivity contribution in [1.82, 2.24) is 10.1 Å². The van der Waals surface area contributed by atoms with Gasteiger partial charge in [-0.2, -0.15) is 0 Å². The predicted molar refractivity (Wildman–Crippen MR) is 39.1 cm³/mol. The summed E-state index contributed by atoms with van der Waals surface area (Å²) in [7, 11) is 1.73. The SMILES string of the molecule is CCN(C)C(=O)c1cnoc1. The summed E-state index contributed by atoms with van der Waals surface area (Å²) in [5, 5.41) is 3.44. The van der Waals surface area contributed by atoms with Crippen molar-refractivity contribution < 1.29 is 9.32 Å². The molecule has 0 N–H and O–H groups in total. The van der Waals surface area contributed by atoms with Gasteiger partial charge >= 0.3 is 0 Å². The summed E-state index contributed by atoms with van der Waals surface area (Å²) in [5.74, 6) is -0.0613. The van der Waals surface area contributed by atoms with Crippen LogP contribution in [0.2, 0.25) is 0 Å². The molecule has 0 saturated carbocycles. The lowest BCUT2D eigenvalue weighted by molar-refractivity contribution is 0.0802. The van der Waals surface area contributed by atoms with Gasteiger partial charge in [-0.1, -0.05) is 5.16 Å². The maximum atomic E-state index is 11.3. The number of carbonyl (C=O) groups excluding carboxylic acids is 1. The standard InChI is InChI=1S/C7H10N2O2/c1-3-9(2)7(10)6-4-8-11-5-6/h4-5H,3H2,1-2H3. The molecule has 0 fully saturated rings. The first-order valence-corrected chi connectivity index (χ1v) is 3.40. The number of amides is 1. The van der Waals surface area contributed by atoms with E-state index in [1.165, 1.54) is 12.5 Å². The van der Waals surface area contributed by atoms with Gasteiger partial charge in [0.15, 0.2) is 0 Å².